The van der Waals surface area contributed by atoms with Crippen LogP contribution in [0.2, 0.25) is 0 Å². The van der Waals surface area contributed by atoms with Crippen LogP contribution in [-0.4, -0.2) is 18.3 Å². The van der Waals surface area contributed by atoms with E-state index in [1.807, 2.05) is 24.3 Å². The molecule has 0 aromatic heterocycles. The van der Waals surface area contributed by atoms with Gasteiger partial charge in [-0.15, -0.1) is 11.6 Å². The fourth-order valence-corrected chi connectivity index (χ4v) is 2.08. The largest absolute Gasteiger partial charge is 0.352 e. The van der Waals surface area contributed by atoms with Crippen molar-refractivity contribution in [2.24, 2.45) is 5.41 Å². The van der Waals surface area contributed by atoms with Crippen LogP contribution in [0.1, 0.15) is 49.5 Å². The zero-order valence-corrected chi connectivity index (χ0v) is 12.9. The van der Waals surface area contributed by atoms with Gasteiger partial charge in [0.25, 0.3) is 5.91 Å². The quantitative estimate of drug-likeness (QED) is 0.752. The van der Waals surface area contributed by atoms with Crippen molar-refractivity contribution in [2.45, 2.75) is 40.0 Å². The van der Waals surface area contributed by atoms with Gasteiger partial charge >= 0.3 is 0 Å². The van der Waals surface area contributed by atoms with E-state index in [9.17, 15) is 4.79 Å². The summed E-state index contributed by atoms with van der Waals surface area (Å²) in [5, 5.41) is 3.00. The minimum absolute atomic E-state index is 0.00148. The monoisotopic (exact) mass is 281 g/mol. The Labute approximate surface area is 121 Å². The van der Waals surface area contributed by atoms with Gasteiger partial charge in [0.15, 0.2) is 0 Å². The molecule has 0 unspecified atom stereocenters. The summed E-state index contributed by atoms with van der Waals surface area (Å²) in [6.07, 6.45) is 2.99. The van der Waals surface area contributed by atoms with Crippen molar-refractivity contribution < 1.29 is 4.79 Å². The van der Waals surface area contributed by atoms with Crippen LogP contribution in [0.25, 0.3) is 0 Å². The fourth-order valence-electron chi connectivity index (χ4n) is 1.95. The Morgan fingerprint density at radius 3 is 2.42 bits per heavy atom. The highest BCUT2D eigenvalue weighted by Gasteiger charge is 2.18. The van der Waals surface area contributed by atoms with E-state index in [4.69, 9.17) is 11.6 Å². The summed E-state index contributed by atoms with van der Waals surface area (Å²) in [6, 6.07) is 7.79. The summed E-state index contributed by atoms with van der Waals surface area (Å²) in [6.45, 7) is 7.09. The number of nitrogens with one attached hydrogen (secondary N) is 1. The van der Waals surface area contributed by atoms with Gasteiger partial charge in [-0.2, -0.15) is 0 Å². The number of halogens is 1. The second kappa shape index (κ2) is 7.54. The van der Waals surface area contributed by atoms with Gasteiger partial charge < -0.3 is 5.32 Å². The third-order valence-electron chi connectivity index (χ3n) is 3.34. The van der Waals surface area contributed by atoms with Crippen molar-refractivity contribution >= 4 is 17.5 Å². The van der Waals surface area contributed by atoms with E-state index in [0.29, 0.717) is 12.4 Å². The predicted octanol–water partition coefficient (Wildman–Crippen LogP) is 4.02. The minimum atomic E-state index is 0.00148. The van der Waals surface area contributed by atoms with Crippen molar-refractivity contribution in [3.63, 3.8) is 0 Å². The van der Waals surface area contributed by atoms with Crippen LogP contribution in [0, 0.1) is 5.41 Å². The van der Waals surface area contributed by atoms with Gasteiger partial charge in [-0.05, 0) is 42.4 Å². The van der Waals surface area contributed by atoms with Gasteiger partial charge in [-0.3, -0.25) is 4.79 Å². The highest BCUT2D eigenvalue weighted by Crippen LogP contribution is 2.21. The van der Waals surface area contributed by atoms with Crippen molar-refractivity contribution in [3.8, 4) is 0 Å². The van der Waals surface area contributed by atoms with E-state index < -0.39 is 0 Å². The number of alkyl halides is 1. The van der Waals surface area contributed by atoms with Crippen molar-refractivity contribution in [1.29, 1.82) is 0 Å². The zero-order valence-electron chi connectivity index (χ0n) is 12.1. The number of carbonyl (C=O) groups excluding carboxylic acids is 1. The van der Waals surface area contributed by atoms with Crippen LogP contribution in [-0.2, 0) is 6.42 Å². The molecule has 0 aliphatic carbocycles. The summed E-state index contributed by atoms with van der Waals surface area (Å²) in [4.78, 5) is 12.0. The average Bonchev–Trinajstić information content (AvgIpc) is 2.43. The van der Waals surface area contributed by atoms with E-state index in [-0.39, 0.29) is 11.3 Å². The number of rotatable bonds is 7. The molecule has 1 aromatic rings. The van der Waals surface area contributed by atoms with E-state index in [1.54, 1.807) is 0 Å². The van der Waals surface area contributed by atoms with Crippen molar-refractivity contribution in [1.82, 2.24) is 5.32 Å². The first-order chi connectivity index (χ1) is 8.98. The molecule has 0 aliphatic heterocycles. The zero-order chi connectivity index (χ0) is 14.3. The first kappa shape index (κ1) is 16.0. The maximum Gasteiger partial charge on any atom is 0.251 e. The lowest BCUT2D eigenvalue weighted by Gasteiger charge is -2.24. The highest BCUT2D eigenvalue weighted by molar-refractivity contribution is 6.17. The van der Waals surface area contributed by atoms with E-state index >= 15 is 0 Å². The number of hydrogen-bond acceptors (Lipinski definition) is 1. The average molecular weight is 282 g/mol. The van der Waals surface area contributed by atoms with Gasteiger partial charge in [0, 0.05) is 18.0 Å². The normalized spacial score (nSPS) is 11.4. The van der Waals surface area contributed by atoms with E-state index in [0.717, 1.165) is 24.8 Å². The number of benzene rings is 1. The lowest BCUT2D eigenvalue weighted by Crippen LogP contribution is -2.34. The smallest absolute Gasteiger partial charge is 0.251 e. The molecule has 19 heavy (non-hydrogen) atoms. The van der Waals surface area contributed by atoms with Crippen LogP contribution >= 0.6 is 11.6 Å². The first-order valence-corrected chi connectivity index (χ1v) is 7.45. The van der Waals surface area contributed by atoms with E-state index in [2.05, 4.69) is 26.1 Å². The van der Waals surface area contributed by atoms with Crippen LogP contribution in [0.3, 0.4) is 0 Å². The Morgan fingerprint density at radius 1 is 1.26 bits per heavy atom. The molecule has 0 fully saturated rings. The molecular weight excluding hydrogens is 258 g/mol. The molecule has 0 bridgehead atoms. The molecule has 0 saturated heterocycles. The summed E-state index contributed by atoms with van der Waals surface area (Å²) in [5.74, 6) is 0.678. The van der Waals surface area contributed by atoms with E-state index in [1.165, 1.54) is 5.56 Å². The third-order valence-corrected chi connectivity index (χ3v) is 3.61. The molecule has 1 aromatic carbocycles. The van der Waals surface area contributed by atoms with Gasteiger partial charge in [-0.1, -0.05) is 32.9 Å². The molecule has 1 N–H and O–H groups in total. The molecule has 3 heteroatoms. The molecule has 1 amide bonds. The molecule has 0 heterocycles. The number of hydrogen-bond donors (Lipinski definition) is 1. The van der Waals surface area contributed by atoms with Crippen molar-refractivity contribution in [3.05, 3.63) is 35.4 Å². The SMILES string of the molecule is CCc1ccc(C(=O)NCC(C)(C)CCCCl)cc1. The lowest BCUT2D eigenvalue weighted by molar-refractivity contribution is 0.0934. The Balaban J connectivity index is 2.50. The Hall–Kier alpha value is -1.02. The molecule has 0 atom stereocenters. The minimum Gasteiger partial charge on any atom is -0.352 e. The molecule has 0 radical (unpaired) electrons. The Kier molecular flexibility index (Phi) is 6.36. The number of aryl methyl sites for hydroxylation is 1. The molecule has 1 rings (SSSR count). The molecule has 106 valence electrons. The lowest BCUT2D eigenvalue weighted by atomic mass is 9.88. The van der Waals surface area contributed by atoms with Gasteiger partial charge in [0.1, 0.15) is 0 Å². The first-order valence-electron chi connectivity index (χ1n) is 6.91. The van der Waals surface area contributed by atoms with Crippen LogP contribution in [0.4, 0.5) is 0 Å². The third kappa shape index (κ3) is 5.65. The van der Waals surface area contributed by atoms with Gasteiger partial charge in [0.05, 0.1) is 0 Å². The predicted molar refractivity (Wildman–Crippen MR) is 81.9 cm³/mol. The van der Waals surface area contributed by atoms with Crippen LogP contribution in [0.5, 0.6) is 0 Å². The molecule has 2 nitrogen and oxygen atoms in total. The molecule has 0 spiro atoms. The maximum absolute atomic E-state index is 12.0. The molecule has 0 saturated carbocycles. The molecular formula is C16H24ClNO. The number of amides is 1. The Bertz CT molecular complexity index is 398. The summed E-state index contributed by atoms with van der Waals surface area (Å²) < 4.78 is 0. The standard InChI is InChI=1S/C16H24ClNO/c1-4-13-6-8-14(9-7-13)15(19)18-12-16(2,3)10-5-11-17/h6-9H,4-5,10-12H2,1-3H3,(H,18,19). The number of carbonyl (C=O) groups is 1. The van der Waals surface area contributed by atoms with Crippen LogP contribution < -0.4 is 5.32 Å². The highest BCUT2D eigenvalue weighted by atomic mass is 35.5. The summed E-state index contributed by atoms with van der Waals surface area (Å²) in [5.41, 5.74) is 2.07. The molecule has 0 aliphatic rings. The topological polar surface area (TPSA) is 29.1 Å². The van der Waals surface area contributed by atoms with Gasteiger partial charge in [0.2, 0.25) is 0 Å². The maximum atomic E-state index is 12.0. The Morgan fingerprint density at radius 2 is 1.89 bits per heavy atom. The van der Waals surface area contributed by atoms with Crippen molar-refractivity contribution in [2.75, 3.05) is 12.4 Å². The summed E-state index contributed by atoms with van der Waals surface area (Å²) >= 11 is 5.71. The second-order valence-corrected chi connectivity index (χ2v) is 6.07. The van der Waals surface area contributed by atoms with Gasteiger partial charge in [-0.25, -0.2) is 0 Å². The second-order valence-electron chi connectivity index (χ2n) is 5.69. The van der Waals surface area contributed by atoms with Crippen LogP contribution in [0.15, 0.2) is 24.3 Å². The fraction of sp³-hybridized carbons (Fsp3) is 0.562. The summed E-state index contributed by atoms with van der Waals surface area (Å²) in [7, 11) is 0.